The van der Waals surface area contributed by atoms with Crippen LogP contribution >= 0.6 is 36.2 Å². The van der Waals surface area contributed by atoms with Gasteiger partial charge in [0.15, 0.2) is 0 Å². The van der Waals surface area contributed by atoms with Crippen molar-refractivity contribution in [1.29, 1.82) is 0 Å². The van der Waals surface area contributed by atoms with Crippen LogP contribution in [0.15, 0.2) is 29.9 Å². The predicted molar refractivity (Wildman–Crippen MR) is 107 cm³/mol. The number of aromatic nitrogens is 2. The largest absolute Gasteiger partial charge is 0.338 e. The second-order valence-corrected chi connectivity index (χ2v) is 6.93. The first-order valence-electron chi connectivity index (χ1n) is 8.05. The van der Waals surface area contributed by atoms with Crippen LogP contribution in [0.4, 0.5) is 0 Å². The van der Waals surface area contributed by atoms with E-state index in [1.54, 1.807) is 23.7 Å². The zero-order valence-electron chi connectivity index (χ0n) is 14.1. The summed E-state index contributed by atoms with van der Waals surface area (Å²) in [5, 5.41) is 2.87. The molecule has 0 aromatic carbocycles. The van der Waals surface area contributed by atoms with Crippen molar-refractivity contribution in [1.82, 2.24) is 14.9 Å². The first kappa shape index (κ1) is 21.8. The maximum Gasteiger partial charge on any atom is 0.228 e. The van der Waals surface area contributed by atoms with E-state index in [1.807, 2.05) is 29.3 Å². The number of carbonyl (C=O) groups is 1. The number of rotatable bonds is 4. The molecule has 3 heterocycles. The lowest BCUT2D eigenvalue weighted by Gasteiger charge is -2.38. The molecule has 2 N–H and O–H groups in total. The van der Waals surface area contributed by atoms with E-state index in [4.69, 9.17) is 5.73 Å². The average molecular weight is 403 g/mol. The van der Waals surface area contributed by atoms with Crippen LogP contribution in [-0.2, 0) is 11.2 Å². The summed E-state index contributed by atoms with van der Waals surface area (Å²) in [4.78, 5) is 23.3. The smallest absolute Gasteiger partial charge is 0.228 e. The maximum absolute atomic E-state index is 12.7. The summed E-state index contributed by atoms with van der Waals surface area (Å²) in [6.45, 7) is 2.80. The van der Waals surface area contributed by atoms with Gasteiger partial charge >= 0.3 is 0 Å². The molecule has 0 radical (unpaired) electrons. The zero-order valence-corrected chi connectivity index (χ0v) is 16.6. The number of hydrogen-bond donors (Lipinski definition) is 1. The van der Waals surface area contributed by atoms with Gasteiger partial charge in [-0.15, -0.1) is 36.2 Å². The number of amides is 1. The van der Waals surface area contributed by atoms with Gasteiger partial charge in [0.2, 0.25) is 5.91 Å². The molecule has 0 aliphatic carbocycles. The highest BCUT2D eigenvalue weighted by atomic mass is 35.5. The van der Waals surface area contributed by atoms with Gasteiger partial charge in [-0.2, -0.15) is 0 Å². The monoisotopic (exact) mass is 402 g/mol. The Labute approximate surface area is 164 Å². The van der Waals surface area contributed by atoms with Gasteiger partial charge in [0.05, 0.1) is 12.1 Å². The number of piperidine rings is 1. The highest BCUT2D eigenvalue weighted by Crippen LogP contribution is 2.24. The van der Waals surface area contributed by atoms with E-state index in [0.717, 1.165) is 42.1 Å². The molecular weight excluding hydrogens is 379 g/mol. The van der Waals surface area contributed by atoms with E-state index in [0.29, 0.717) is 6.42 Å². The molecule has 3 rings (SSSR count). The lowest BCUT2D eigenvalue weighted by molar-refractivity contribution is -0.134. The van der Waals surface area contributed by atoms with Gasteiger partial charge in [-0.25, -0.2) is 4.98 Å². The Balaban J connectivity index is 0.00000156. The Bertz CT molecular complexity index is 666. The Hall–Kier alpha value is -1.21. The third-order valence-corrected chi connectivity index (χ3v) is 5.21. The fourth-order valence-electron chi connectivity index (χ4n) is 3.08. The molecule has 138 valence electrons. The summed E-state index contributed by atoms with van der Waals surface area (Å²) in [5.41, 5.74) is 7.87. The first-order valence-corrected chi connectivity index (χ1v) is 8.93. The van der Waals surface area contributed by atoms with Gasteiger partial charge in [-0.05, 0) is 38.3 Å². The van der Waals surface area contributed by atoms with Gasteiger partial charge in [0.25, 0.3) is 0 Å². The molecule has 1 saturated heterocycles. The molecule has 5 nitrogen and oxygen atoms in total. The quantitative estimate of drug-likeness (QED) is 0.850. The van der Waals surface area contributed by atoms with Gasteiger partial charge in [-0.1, -0.05) is 0 Å². The minimum absolute atomic E-state index is 0. The van der Waals surface area contributed by atoms with Crippen molar-refractivity contribution in [2.45, 2.75) is 44.7 Å². The molecule has 2 aromatic rings. The van der Waals surface area contributed by atoms with E-state index >= 15 is 0 Å². The molecule has 1 aliphatic rings. The normalized spacial score (nSPS) is 18.0. The van der Waals surface area contributed by atoms with Crippen LogP contribution in [0.25, 0.3) is 10.6 Å². The van der Waals surface area contributed by atoms with Crippen LogP contribution in [0.2, 0.25) is 0 Å². The van der Waals surface area contributed by atoms with E-state index < -0.39 is 0 Å². The number of thiazole rings is 1. The molecule has 0 spiro atoms. The third kappa shape index (κ3) is 5.38. The van der Waals surface area contributed by atoms with Crippen molar-refractivity contribution in [2.24, 2.45) is 5.73 Å². The Morgan fingerprint density at radius 2 is 2.24 bits per heavy atom. The Morgan fingerprint density at radius 1 is 1.44 bits per heavy atom. The number of halogens is 2. The lowest BCUT2D eigenvalue weighted by atomic mass is 9.96. The second-order valence-electron chi connectivity index (χ2n) is 6.07. The van der Waals surface area contributed by atoms with Crippen LogP contribution in [0.3, 0.4) is 0 Å². The molecule has 25 heavy (non-hydrogen) atoms. The standard InChI is InChI=1S/C17H22N4OS.2ClH/c1-12(18)15-6-2-3-8-21(15)16(22)9-14-11-23-17(20-14)13-5-4-7-19-10-13;;/h4-5,7,10-12,15H,2-3,6,8-9,18H2,1H3;2*1H. The fraction of sp³-hybridized carbons (Fsp3) is 0.471. The molecule has 0 saturated carbocycles. The topological polar surface area (TPSA) is 72.1 Å². The number of nitrogens with zero attached hydrogens (tertiary/aromatic N) is 3. The van der Waals surface area contributed by atoms with Crippen LogP contribution in [0.5, 0.6) is 0 Å². The number of likely N-dealkylation sites (tertiary alicyclic amines) is 1. The fourth-order valence-corrected chi connectivity index (χ4v) is 3.89. The van der Waals surface area contributed by atoms with E-state index in [9.17, 15) is 4.79 Å². The summed E-state index contributed by atoms with van der Waals surface area (Å²) in [6.07, 6.45) is 7.10. The van der Waals surface area contributed by atoms with Crippen molar-refractivity contribution in [3.05, 3.63) is 35.6 Å². The molecule has 8 heteroatoms. The first-order chi connectivity index (χ1) is 11.1. The highest BCUT2D eigenvalue weighted by Gasteiger charge is 2.29. The summed E-state index contributed by atoms with van der Waals surface area (Å²) < 4.78 is 0. The molecule has 2 aromatic heterocycles. The lowest BCUT2D eigenvalue weighted by Crippen LogP contribution is -2.52. The van der Waals surface area contributed by atoms with E-state index in [-0.39, 0.29) is 42.8 Å². The summed E-state index contributed by atoms with van der Waals surface area (Å²) in [6, 6.07) is 4.05. The molecular formula is C17H24Cl2N4OS. The van der Waals surface area contributed by atoms with Gasteiger partial charge in [0.1, 0.15) is 5.01 Å². The molecule has 2 unspecified atom stereocenters. The van der Waals surface area contributed by atoms with Gasteiger partial charge in [0, 0.05) is 42.0 Å². The minimum Gasteiger partial charge on any atom is -0.338 e. The molecule has 2 atom stereocenters. The number of hydrogen-bond acceptors (Lipinski definition) is 5. The maximum atomic E-state index is 12.7. The Kier molecular flexibility index (Phi) is 8.79. The molecule has 0 bridgehead atoms. The van der Waals surface area contributed by atoms with Crippen molar-refractivity contribution in [2.75, 3.05) is 6.54 Å². The predicted octanol–water partition coefficient (Wildman–Crippen LogP) is 3.32. The van der Waals surface area contributed by atoms with Crippen molar-refractivity contribution < 1.29 is 4.79 Å². The van der Waals surface area contributed by atoms with Gasteiger partial charge in [-0.3, -0.25) is 9.78 Å². The van der Waals surface area contributed by atoms with Gasteiger partial charge < -0.3 is 10.6 Å². The van der Waals surface area contributed by atoms with Crippen LogP contribution < -0.4 is 5.73 Å². The summed E-state index contributed by atoms with van der Waals surface area (Å²) in [7, 11) is 0. The van der Waals surface area contributed by atoms with E-state index in [1.165, 1.54) is 0 Å². The zero-order chi connectivity index (χ0) is 16.2. The highest BCUT2D eigenvalue weighted by molar-refractivity contribution is 7.13. The minimum atomic E-state index is 0. The van der Waals surface area contributed by atoms with Crippen molar-refractivity contribution in [3.8, 4) is 10.6 Å². The number of nitrogens with two attached hydrogens (primary N) is 1. The number of carbonyl (C=O) groups excluding carboxylic acids is 1. The number of pyridine rings is 1. The van der Waals surface area contributed by atoms with Crippen molar-refractivity contribution >= 4 is 42.1 Å². The SMILES string of the molecule is CC(N)C1CCCCN1C(=O)Cc1csc(-c2cccnc2)n1.Cl.Cl. The van der Waals surface area contributed by atoms with Crippen molar-refractivity contribution in [3.63, 3.8) is 0 Å². The Morgan fingerprint density at radius 3 is 2.92 bits per heavy atom. The van der Waals surface area contributed by atoms with Crippen LogP contribution in [0, 0.1) is 0 Å². The molecule has 1 aliphatic heterocycles. The van der Waals surface area contributed by atoms with Crippen LogP contribution in [-0.4, -0.2) is 39.4 Å². The average Bonchev–Trinajstić information content (AvgIpc) is 3.04. The third-order valence-electron chi connectivity index (χ3n) is 4.27. The summed E-state index contributed by atoms with van der Waals surface area (Å²) >= 11 is 1.55. The molecule has 1 fully saturated rings. The van der Waals surface area contributed by atoms with Crippen LogP contribution in [0.1, 0.15) is 31.9 Å². The van der Waals surface area contributed by atoms with E-state index in [2.05, 4.69) is 9.97 Å². The second kappa shape index (κ2) is 10.1. The molecule has 1 amide bonds. The summed E-state index contributed by atoms with van der Waals surface area (Å²) in [5.74, 6) is 0.134.